The van der Waals surface area contributed by atoms with E-state index >= 15 is 0 Å². The summed E-state index contributed by atoms with van der Waals surface area (Å²) < 4.78 is 0. The second-order valence-corrected chi connectivity index (χ2v) is 7.02. The molecule has 1 aliphatic rings. The first-order valence-electron chi connectivity index (χ1n) is 8.31. The third-order valence-electron chi connectivity index (χ3n) is 4.47. The van der Waals surface area contributed by atoms with E-state index in [9.17, 15) is 14.4 Å². The molecule has 2 N–H and O–H groups in total. The van der Waals surface area contributed by atoms with Gasteiger partial charge in [-0.3, -0.25) is 14.5 Å². The van der Waals surface area contributed by atoms with E-state index in [1.807, 2.05) is 0 Å². The lowest BCUT2D eigenvalue weighted by Crippen LogP contribution is -2.44. The standard InChI is InChI=1S/C19H17Cl2N3O3/c1-2-19(12-3-5-13(20)6-4-12)17(26)24(18(27)23-19)11-16(25)22-15-9-7-14(21)8-10-15/h3-10H,2,11H2,1H3,(H,22,25)(H,23,27). The number of halogens is 2. The third kappa shape index (κ3) is 3.77. The summed E-state index contributed by atoms with van der Waals surface area (Å²) >= 11 is 11.7. The van der Waals surface area contributed by atoms with E-state index in [0.717, 1.165) is 4.90 Å². The van der Waals surface area contributed by atoms with E-state index in [0.29, 0.717) is 27.7 Å². The SMILES string of the molecule is CCC1(c2ccc(Cl)cc2)NC(=O)N(CC(=O)Nc2ccc(Cl)cc2)C1=O. The van der Waals surface area contributed by atoms with E-state index in [1.54, 1.807) is 55.5 Å². The average Bonchev–Trinajstić information content (AvgIpc) is 2.89. The lowest BCUT2D eigenvalue weighted by atomic mass is 9.87. The number of carbonyl (C=O) groups excluding carboxylic acids is 3. The number of nitrogens with one attached hydrogen (secondary N) is 2. The van der Waals surface area contributed by atoms with Crippen LogP contribution in [0.3, 0.4) is 0 Å². The van der Waals surface area contributed by atoms with Crippen LogP contribution in [0.1, 0.15) is 18.9 Å². The number of rotatable bonds is 5. The normalized spacial score (nSPS) is 19.1. The minimum Gasteiger partial charge on any atom is -0.325 e. The van der Waals surface area contributed by atoms with E-state index in [1.165, 1.54) is 0 Å². The molecular formula is C19H17Cl2N3O3. The number of amides is 4. The lowest BCUT2D eigenvalue weighted by Gasteiger charge is -2.25. The number of anilines is 1. The van der Waals surface area contributed by atoms with Gasteiger partial charge in [-0.25, -0.2) is 4.79 Å². The first kappa shape index (κ1) is 19.2. The molecule has 6 nitrogen and oxygen atoms in total. The first-order valence-corrected chi connectivity index (χ1v) is 9.07. The number of nitrogens with zero attached hydrogens (tertiary/aromatic N) is 1. The van der Waals surface area contributed by atoms with Crippen molar-refractivity contribution in [1.82, 2.24) is 10.2 Å². The summed E-state index contributed by atoms with van der Waals surface area (Å²) in [5.74, 6) is -0.951. The molecule has 2 aromatic rings. The molecule has 4 amide bonds. The number of imide groups is 1. The van der Waals surface area contributed by atoms with Crippen molar-refractivity contribution in [2.45, 2.75) is 18.9 Å². The van der Waals surface area contributed by atoms with Crippen LogP contribution in [0.5, 0.6) is 0 Å². The molecule has 1 fully saturated rings. The molecule has 1 saturated heterocycles. The summed E-state index contributed by atoms with van der Waals surface area (Å²) in [5, 5.41) is 6.44. The van der Waals surface area contributed by atoms with Crippen LogP contribution in [0, 0.1) is 0 Å². The molecule has 0 spiro atoms. The summed E-state index contributed by atoms with van der Waals surface area (Å²) in [6.07, 6.45) is 0.342. The monoisotopic (exact) mass is 405 g/mol. The first-order chi connectivity index (χ1) is 12.9. The molecule has 0 radical (unpaired) electrons. The molecule has 140 valence electrons. The largest absolute Gasteiger partial charge is 0.325 e. The van der Waals surface area contributed by atoms with Gasteiger partial charge in [0.2, 0.25) is 5.91 Å². The van der Waals surface area contributed by atoms with Crippen LogP contribution < -0.4 is 10.6 Å². The Balaban J connectivity index is 1.77. The van der Waals surface area contributed by atoms with Crippen molar-refractivity contribution in [2.75, 3.05) is 11.9 Å². The highest BCUT2D eigenvalue weighted by molar-refractivity contribution is 6.31. The number of carbonyl (C=O) groups is 3. The second kappa shape index (κ2) is 7.58. The summed E-state index contributed by atoms with van der Waals surface area (Å²) in [5.41, 5.74) is -0.0633. The number of benzene rings is 2. The fourth-order valence-electron chi connectivity index (χ4n) is 3.02. The Labute approximate surface area is 166 Å². The minimum atomic E-state index is -1.21. The molecule has 2 aromatic carbocycles. The van der Waals surface area contributed by atoms with Gasteiger partial charge in [-0.2, -0.15) is 0 Å². The van der Waals surface area contributed by atoms with Gasteiger partial charge in [0.25, 0.3) is 5.91 Å². The van der Waals surface area contributed by atoms with Gasteiger partial charge in [0.05, 0.1) is 0 Å². The molecule has 27 heavy (non-hydrogen) atoms. The Morgan fingerprint density at radius 3 is 2.15 bits per heavy atom. The van der Waals surface area contributed by atoms with Crippen molar-refractivity contribution in [3.05, 3.63) is 64.1 Å². The van der Waals surface area contributed by atoms with Crippen LogP contribution >= 0.6 is 23.2 Å². The Bertz CT molecular complexity index is 884. The van der Waals surface area contributed by atoms with Crippen molar-refractivity contribution in [3.63, 3.8) is 0 Å². The van der Waals surface area contributed by atoms with Gasteiger partial charge in [-0.1, -0.05) is 42.3 Å². The molecular weight excluding hydrogens is 389 g/mol. The van der Waals surface area contributed by atoms with Gasteiger partial charge in [0, 0.05) is 15.7 Å². The van der Waals surface area contributed by atoms with Gasteiger partial charge in [0.1, 0.15) is 12.1 Å². The van der Waals surface area contributed by atoms with Crippen molar-refractivity contribution >= 4 is 46.7 Å². The second-order valence-electron chi connectivity index (χ2n) is 6.14. The highest BCUT2D eigenvalue weighted by Gasteiger charge is 2.51. The fourth-order valence-corrected chi connectivity index (χ4v) is 3.27. The van der Waals surface area contributed by atoms with Gasteiger partial charge < -0.3 is 10.6 Å². The van der Waals surface area contributed by atoms with Crippen LogP contribution in [0.25, 0.3) is 0 Å². The average molecular weight is 406 g/mol. The molecule has 1 aliphatic heterocycles. The Morgan fingerprint density at radius 2 is 1.59 bits per heavy atom. The van der Waals surface area contributed by atoms with E-state index in [-0.39, 0.29) is 6.54 Å². The third-order valence-corrected chi connectivity index (χ3v) is 4.98. The van der Waals surface area contributed by atoms with Crippen LogP contribution in [0.2, 0.25) is 10.0 Å². The maximum atomic E-state index is 13.0. The summed E-state index contributed by atoms with van der Waals surface area (Å²) in [4.78, 5) is 38.6. The maximum Gasteiger partial charge on any atom is 0.325 e. The summed E-state index contributed by atoms with van der Waals surface area (Å²) in [7, 11) is 0. The Morgan fingerprint density at radius 1 is 1.04 bits per heavy atom. The summed E-state index contributed by atoms with van der Waals surface area (Å²) in [6, 6.07) is 12.6. The predicted octanol–water partition coefficient (Wildman–Crippen LogP) is 3.79. The molecule has 1 atom stereocenters. The summed E-state index contributed by atoms with van der Waals surface area (Å²) in [6.45, 7) is 1.41. The van der Waals surface area contributed by atoms with Crippen LogP contribution in [-0.4, -0.2) is 29.3 Å². The highest BCUT2D eigenvalue weighted by Crippen LogP contribution is 2.33. The smallest absolute Gasteiger partial charge is 0.325 e. The quantitative estimate of drug-likeness (QED) is 0.742. The van der Waals surface area contributed by atoms with Crippen molar-refractivity contribution < 1.29 is 14.4 Å². The van der Waals surface area contributed by atoms with Crippen LogP contribution in [0.4, 0.5) is 10.5 Å². The zero-order valence-corrected chi connectivity index (χ0v) is 16.0. The Kier molecular flexibility index (Phi) is 5.39. The van der Waals surface area contributed by atoms with Crippen LogP contribution in [0.15, 0.2) is 48.5 Å². The fraction of sp³-hybridized carbons (Fsp3) is 0.211. The van der Waals surface area contributed by atoms with Crippen molar-refractivity contribution in [2.24, 2.45) is 0 Å². The van der Waals surface area contributed by atoms with Crippen molar-refractivity contribution in [1.29, 1.82) is 0 Å². The van der Waals surface area contributed by atoms with Gasteiger partial charge in [-0.05, 0) is 48.4 Å². The zero-order valence-electron chi connectivity index (χ0n) is 14.5. The molecule has 0 aliphatic carbocycles. The Hall–Kier alpha value is -2.57. The lowest BCUT2D eigenvalue weighted by molar-refractivity contribution is -0.134. The molecule has 0 aromatic heterocycles. The van der Waals surface area contributed by atoms with Crippen molar-refractivity contribution in [3.8, 4) is 0 Å². The van der Waals surface area contributed by atoms with E-state index < -0.39 is 23.4 Å². The van der Waals surface area contributed by atoms with E-state index in [4.69, 9.17) is 23.2 Å². The topological polar surface area (TPSA) is 78.5 Å². The molecule has 0 bridgehead atoms. The van der Waals surface area contributed by atoms with Gasteiger partial charge in [0.15, 0.2) is 0 Å². The highest BCUT2D eigenvalue weighted by atomic mass is 35.5. The minimum absolute atomic E-state index is 0.342. The molecule has 8 heteroatoms. The number of hydrogen-bond acceptors (Lipinski definition) is 3. The van der Waals surface area contributed by atoms with Crippen LogP contribution in [-0.2, 0) is 15.1 Å². The van der Waals surface area contributed by atoms with E-state index in [2.05, 4.69) is 10.6 Å². The van der Waals surface area contributed by atoms with Gasteiger partial charge >= 0.3 is 6.03 Å². The van der Waals surface area contributed by atoms with Gasteiger partial charge in [-0.15, -0.1) is 0 Å². The predicted molar refractivity (Wildman–Crippen MR) is 104 cm³/mol. The molecule has 0 saturated carbocycles. The maximum absolute atomic E-state index is 13.0. The number of hydrogen-bond donors (Lipinski definition) is 2. The zero-order chi connectivity index (χ0) is 19.6. The number of urea groups is 1. The molecule has 1 heterocycles. The molecule has 3 rings (SSSR count). The molecule has 1 unspecified atom stereocenters.